The van der Waals surface area contributed by atoms with Crippen LogP contribution < -0.4 is 10.6 Å². The molecule has 7 heteroatoms. The summed E-state index contributed by atoms with van der Waals surface area (Å²) in [6.45, 7) is 12.1. The van der Waals surface area contributed by atoms with E-state index >= 15 is 0 Å². The number of aliphatic imine (C=N–C) groups is 1. The summed E-state index contributed by atoms with van der Waals surface area (Å²) < 4.78 is 17.7. The molecule has 1 aliphatic carbocycles. The summed E-state index contributed by atoms with van der Waals surface area (Å²) in [4.78, 5) is 4.30. The Hall–Kier alpha value is 0.110. The molecule has 1 saturated heterocycles. The van der Waals surface area contributed by atoms with Crippen molar-refractivity contribution in [2.24, 2.45) is 16.3 Å². The third-order valence-electron chi connectivity index (χ3n) is 4.88. The molecule has 0 aromatic heterocycles. The van der Waals surface area contributed by atoms with Gasteiger partial charge >= 0.3 is 0 Å². The minimum absolute atomic E-state index is 0. The zero-order chi connectivity index (χ0) is 16.5. The second kappa shape index (κ2) is 7.99. The molecule has 1 aliphatic heterocycles. The minimum atomic E-state index is -0.841. The highest BCUT2D eigenvalue weighted by Gasteiger charge is 2.59. The van der Waals surface area contributed by atoms with Crippen molar-refractivity contribution in [3.63, 3.8) is 0 Å². The molecule has 4 unspecified atom stereocenters. The van der Waals surface area contributed by atoms with Crippen LogP contribution in [0.3, 0.4) is 0 Å². The summed E-state index contributed by atoms with van der Waals surface area (Å²) in [6.07, 6.45) is 1.49. The molecule has 0 spiro atoms. The van der Waals surface area contributed by atoms with E-state index in [0.29, 0.717) is 30.4 Å². The molecule has 0 aromatic carbocycles. The van der Waals surface area contributed by atoms with Crippen molar-refractivity contribution in [1.29, 1.82) is 0 Å². The van der Waals surface area contributed by atoms with Gasteiger partial charge in [0.15, 0.2) is 5.96 Å². The van der Waals surface area contributed by atoms with E-state index in [2.05, 4.69) is 29.5 Å². The van der Waals surface area contributed by atoms with Gasteiger partial charge in [-0.1, -0.05) is 13.8 Å². The van der Waals surface area contributed by atoms with Gasteiger partial charge in [0.1, 0.15) is 0 Å². The number of nitrogens with zero attached hydrogens (tertiary/aromatic N) is 1. The highest BCUT2D eigenvalue weighted by atomic mass is 127. The average Bonchev–Trinajstić information content (AvgIpc) is 2.87. The second-order valence-electron chi connectivity index (χ2n) is 7.85. The smallest absolute Gasteiger partial charge is 0.191 e. The highest BCUT2D eigenvalue weighted by Crippen LogP contribution is 2.52. The quantitative estimate of drug-likeness (QED) is 0.386. The molecular formula is C16H32IN3O2S. The number of rotatable bonds is 4. The summed E-state index contributed by atoms with van der Waals surface area (Å²) in [7, 11) is 0.941. The number of fused-ring (bicyclic) bond motifs is 1. The standard InChI is InChI=1S/C16H31N3O2S.HI/c1-15(2,3)22(20)10-8-18-14(17-6)19-12-11-7-9-21-13(11)16(12,4)5;/h11-13H,7-10H2,1-6H3,(H2,17,18,19);1H. The molecule has 2 aliphatic rings. The van der Waals surface area contributed by atoms with Crippen molar-refractivity contribution in [3.05, 3.63) is 0 Å². The third-order valence-corrected chi connectivity index (χ3v) is 6.82. The van der Waals surface area contributed by atoms with Crippen LogP contribution in [0.1, 0.15) is 41.0 Å². The number of hydrogen-bond donors (Lipinski definition) is 2. The first-order chi connectivity index (χ1) is 10.2. The van der Waals surface area contributed by atoms with Crippen molar-refractivity contribution >= 4 is 40.7 Å². The lowest BCUT2D eigenvalue weighted by atomic mass is 9.57. The van der Waals surface area contributed by atoms with Crippen molar-refractivity contribution in [1.82, 2.24) is 10.6 Å². The maximum atomic E-state index is 12.1. The Labute approximate surface area is 160 Å². The minimum Gasteiger partial charge on any atom is -0.377 e. The van der Waals surface area contributed by atoms with Gasteiger partial charge in [-0.05, 0) is 27.2 Å². The van der Waals surface area contributed by atoms with Gasteiger partial charge in [0.05, 0.1) is 6.10 Å². The van der Waals surface area contributed by atoms with E-state index < -0.39 is 10.8 Å². The predicted octanol–water partition coefficient (Wildman–Crippen LogP) is 2.13. The molecule has 5 nitrogen and oxygen atoms in total. The van der Waals surface area contributed by atoms with E-state index in [-0.39, 0.29) is 34.1 Å². The van der Waals surface area contributed by atoms with Gasteiger partial charge in [-0.3, -0.25) is 9.20 Å². The maximum Gasteiger partial charge on any atom is 0.191 e. The fraction of sp³-hybridized carbons (Fsp3) is 0.938. The van der Waals surface area contributed by atoms with E-state index in [1.807, 2.05) is 20.8 Å². The normalized spacial score (nSPS) is 30.7. The van der Waals surface area contributed by atoms with Gasteiger partial charge < -0.3 is 15.4 Å². The van der Waals surface area contributed by atoms with Crippen LogP contribution in [-0.2, 0) is 15.5 Å². The Morgan fingerprint density at radius 1 is 1.39 bits per heavy atom. The van der Waals surface area contributed by atoms with Crippen LogP contribution in [0.15, 0.2) is 4.99 Å². The van der Waals surface area contributed by atoms with Crippen LogP contribution in [0.2, 0.25) is 0 Å². The van der Waals surface area contributed by atoms with Crippen molar-refractivity contribution in [3.8, 4) is 0 Å². The number of nitrogens with one attached hydrogen (secondary N) is 2. The Bertz CT molecular complexity index is 463. The lowest BCUT2D eigenvalue weighted by Gasteiger charge is -2.54. The molecule has 23 heavy (non-hydrogen) atoms. The number of ether oxygens (including phenoxy) is 1. The van der Waals surface area contributed by atoms with Crippen molar-refractivity contribution in [2.45, 2.75) is 57.9 Å². The molecule has 2 rings (SSSR count). The Morgan fingerprint density at radius 3 is 2.61 bits per heavy atom. The largest absolute Gasteiger partial charge is 0.377 e. The second-order valence-corrected chi connectivity index (χ2v) is 10.2. The molecule has 2 fully saturated rings. The lowest BCUT2D eigenvalue weighted by Crippen LogP contribution is -2.68. The third kappa shape index (κ3) is 4.60. The monoisotopic (exact) mass is 457 g/mol. The van der Waals surface area contributed by atoms with Crippen LogP contribution in [0, 0.1) is 11.3 Å². The topological polar surface area (TPSA) is 62.7 Å². The first-order valence-corrected chi connectivity index (χ1v) is 9.47. The summed E-state index contributed by atoms with van der Waals surface area (Å²) in [5.74, 6) is 2.01. The van der Waals surface area contributed by atoms with Crippen LogP contribution in [0.4, 0.5) is 0 Å². The molecule has 0 bridgehead atoms. The Morgan fingerprint density at radius 2 is 2.04 bits per heavy atom. The molecular weight excluding hydrogens is 425 g/mol. The molecule has 0 aromatic rings. The number of hydrogen-bond acceptors (Lipinski definition) is 3. The van der Waals surface area contributed by atoms with Gasteiger partial charge in [-0.25, -0.2) is 0 Å². The molecule has 0 radical (unpaired) electrons. The predicted molar refractivity (Wildman–Crippen MR) is 108 cm³/mol. The van der Waals surface area contributed by atoms with E-state index in [9.17, 15) is 4.21 Å². The Balaban J connectivity index is 0.00000264. The van der Waals surface area contributed by atoms with Crippen LogP contribution in [0.25, 0.3) is 0 Å². The fourth-order valence-corrected chi connectivity index (χ4v) is 4.43. The van der Waals surface area contributed by atoms with E-state index in [4.69, 9.17) is 4.74 Å². The average molecular weight is 457 g/mol. The first kappa shape index (κ1) is 21.2. The Kier molecular flexibility index (Phi) is 7.35. The molecule has 1 heterocycles. The van der Waals surface area contributed by atoms with Gasteiger partial charge in [-0.2, -0.15) is 0 Å². The van der Waals surface area contributed by atoms with Crippen molar-refractivity contribution < 1.29 is 8.95 Å². The zero-order valence-corrected chi connectivity index (χ0v) is 18.3. The van der Waals surface area contributed by atoms with Gasteiger partial charge in [0.25, 0.3) is 0 Å². The lowest BCUT2D eigenvalue weighted by molar-refractivity contribution is -0.106. The van der Waals surface area contributed by atoms with E-state index in [1.54, 1.807) is 7.05 Å². The summed E-state index contributed by atoms with van der Waals surface area (Å²) in [5, 5.41) is 6.83. The molecule has 1 saturated carbocycles. The number of halogens is 1. The summed E-state index contributed by atoms with van der Waals surface area (Å²) in [6, 6.07) is 0.388. The fourth-order valence-electron chi connectivity index (χ4n) is 3.53. The molecule has 0 amide bonds. The summed E-state index contributed by atoms with van der Waals surface area (Å²) in [5.41, 5.74) is 0.132. The highest BCUT2D eigenvalue weighted by molar-refractivity contribution is 14.0. The molecule has 136 valence electrons. The van der Waals surface area contributed by atoms with Gasteiger partial charge in [0.2, 0.25) is 0 Å². The maximum absolute atomic E-state index is 12.1. The molecule has 2 N–H and O–H groups in total. The molecule has 4 atom stereocenters. The van der Waals surface area contributed by atoms with Crippen molar-refractivity contribution in [2.75, 3.05) is 26.0 Å². The van der Waals surface area contributed by atoms with E-state index in [1.165, 1.54) is 0 Å². The van der Waals surface area contributed by atoms with Crippen LogP contribution >= 0.6 is 24.0 Å². The summed E-state index contributed by atoms with van der Waals surface area (Å²) >= 11 is 0. The first-order valence-electron chi connectivity index (χ1n) is 8.15. The van der Waals surface area contributed by atoms with Gasteiger partial charge in [-0.15, -0.1) is 24.0 Å². The van der Waals surface area contributed by atoms with E-state index in [0.717, 1.165) is 19.0 Å². The van der Waals surface area contributed by atoms with Crippen LogP contribution in [-0.4, -0.2) is 53.0 Å². The zero-order valence-electron chi connectivity index (χ0n) is 15.1. The van der Waals surface area contributed by atoms with Gasteiger partial charge in [0, 0.05) is 58.9 Å². The SMILES string of the molecule is CN=C(NCCS(=O)C(C)(C)C)NC1C2CCOC2C1(C)C.I. The van der Waals surface area contributed by atoms with Crippen LogP contribution in [0.5, 0.6) is 0 Å². The number of guanidine groups is 1.